The van der Waals surface area contributed by atoms with Gasteiger partial charge in [-0.05, 0) is 64.9 Å². The van der Waals surface area contributed by atoms with Crippen molar-refractivity contribution < 1.29 is 36.9 Å². The predicted molar refractivity (Wildman–Crippen MR) is 121 cm³/mol. The van der Waals surface area contributed by atoms with E-state index in [0.717, 1.165) is 28.7 Å². The van der Waals surface area contributed by atoms with Crippen molar-refractivity contribution in [1.29, 1.82) is 0 Å². The number of carbonyl (C=O) groups is 1. The second-order valence-corrected chi connectivity index (χ2v) is 10.4. The van der Waals surface area contributed by atoms with E-state index in [2.05, 4.69) is 20.8 Å². The number of aromatic nitrogens is 4. The molecule has 7 rings (SSSR count). The number of halogens is 4. The predicted octanol–water partition coefficient (Wildman–Crippen LogP) is 3.08. The van der Waals surface area contributed by atoms with E-state index in [4.69, 9.17) is 9.47 Å². The van der Waals surface area contributed by atoms with E-state index >= 15 is 8.78 Å². The van der Waals surface area contributed by atoms with Crippen molar-refractivity contribution in [2.75, 3.05) is 13.2 Å². The number of amides is 1. The highest BCUT2D eigenvalue weighted by molar-refractivity contribution is 5.69. The lowest BCUT2D eigenvalue weighted by molar-refractivity contribution is -0.347. The monoisotopic (exact) mass is 533 g/mol. The van der Waals surface area contributed by atoms with E-state index in [1.165, 1.54) is 0 Å². The number of cyclic esters (lactones) is 1. The van der Waals surface area contributed by atoms with Crippen LogP contribution in [0, 0.1) is 17.0 Å². The van der Waals surface area contributed by atoms with Gasteiger partial charge < -0.3 is 19.9 Å². The molecule has 200 valence electrons. The average Bonchev–Trinajstić information content (AvgIpc) is 3.48. The molecule has 1 aromatic heterocycles. The molecule has 38 heavy (non-hydrogen) atoms. The number of tetrazole rings is 1. The summed E-state index contributed by atoms with van der Waals surface area (Å²) < 4.78 is 72.4. The lowest BCUT2D eigenvalue weighted by Crippen LogP contribution is -2.76. The number of carbonyl (C=O) groups excluding carboxylic acids is 1. The molecule has 2 atom stereocenters. The van der Waals surface area contributed by atoms with Crippen molar-refractivity contribution in [2.24, 2.45) is 5.41 Å². The van der Waals surface area contributed by atoms with Gasteiger partial charge in [0.05, 0.1) is 13.1 Å². The minimum absolute atomic E-state index is 0.0810. The Morgan fingerprint density at radius 3 is 2.50 bits per heavy atom. The molecule has 2 N–H and O–H groups in total. The molecule has 1 amide bonds. The van der Waals surface area contributed by atoms with Gasteiger partial charge in [-0.2, -0.15) is 0 Å². The van der Waals surface area contributed by atoms with Crippen LogP contribution in [0.4, 0.5) is 22.4 Å². The molecule has 1 unspecified atom stereocenters. The quantitative estimate of drug-likeness (QED) is 0.407. The third-order valence-electron chi connectivity index (χ3n) is 8.03. The van der Waals surface area contributed by atoms with E-state index in [-0.39, 0.29) is 32.0 Å². The maximum absolute atomic E-state index is 16.3. The number of nitrogens with zero attached hydrogens (tertiary/aromatic N) is 4. The lowest BCUT2D eigenvalue weighted by atomic mass is 9.30. The van der Waals surface area contributed by atoms with Gasteiger partial charge in [-0.15, -0.1) is 5.10 Å². The molecule has 3 aromatic rings. The zero-order valence-corrected chi connectivity index (χ0v) is 19.9. The Balaban J connectivity index is 1.20. The van der Waals surface area contributed by atoms with Crippen LogP contribution in [0.5, 0.6) is 5.75 Å². The molecule has 2 heterocycles. The van der Waals surface area contributed by atoms with Crippen molar-refractivity contribution in [3.05, 3.63) is 71.6 Å². The summed E-state index contributed by atoms with van der Waals surface area (Å²) in [7, 11) is 0. The number of alkyl halides is 2. The van der Waals surface area contributed by atoms with E-state index in [9.17, 15) is 18.7 Å². The highest BCUT2D eigenvalue weighted by atomic mass is 19.3. The number of ether oxygens (including phenoxy) is 2. The van der Waals surface area contributed by atoms with Gasteiger partial charge in [-0.1, -0.05) is 12.1 Å². The van der Waals surface area contributed by atoms with Crippen molar-refractivity contribution in [3.63, 3.8) is 0 Å². The summed E-state index contributed by atoms with van der Waals surface area (Å²) in [5.74, 6) is -5.47. The molecule has 4 aliphatic rings. The van der Waals surface area contributed by atoms with Gasteiger partial charge in [0.15, 0.2) is 11.7 Å². The molecule has 0 spiro atoms. The van der Waals surface area contributed by atoms with E-state index in [1.54, 1.807) is 12.1 Å². The first kappa shape index (κ1) is 24.6. The SMILES string of the molecule is O=C1NC[C@@H](COc2ccc(C34CC(C(F)(F)C(O)(Cn5cnnn5)c5ccc(F)cc5F)(C3)C4)cc2)O1. The maximum atomic E-state index is 16.3. The van der Waals surface area contributed by atoms with Gasteiger partial charge in [0.1, 0.15) is 30.3 Å². The molecular formula is C25H23F4N5O4. The normalized spacial score (nSPS) is 27.5. The van der Waals surface area contributed by atoms with Gasteiger partial charge in [0.25, 0.3) is 5.92 Å². The number of hydrogen-bond acceptors (Lipinski definition) is 7. The maximum Gasteiger partial charge on any atom is 0.407 e. The molecule has 3 saturated carbocycles. The molecule has 2 aromatic carbocycles. The number of alkyl carbamates (subject to hydrolysis) is 1. The smallest absolute Gasteiger partial charge is 0.407 e. The molecule has 9 nitrogen and oxygen atoms in total. The van der Waals surface area contributed by atoms with Gasteiger partial charge in [0.2, 0.25) is 0 Å². The number of aliphatic hydroxyl groups is 1. The minimum Gasteiger partial charge on any atom is -0.490 e. The van der Waals surface area contributed by atoms with Crippen LogP contribution in [0.1, 0.15) is 30.4 Å². The van der Waals surface area contributed by atoms with Gasteiger partial charge in [0, 0.05) is 17.0 Å². The molecular weight excluding hydrogens is 510 g/mol. The molecule has 4 fully saturated rings. The third-order valence-corrected chi connectivity index (χ3v) is 8.03. The summed E-state index contributed by atoms with van der Waals surface area (Å²) in [5, 5.41) is 24.4. The van der Waals surface area contributed by atoms with Crippen LogP contribution in [-0.4, -0.2) is 56.6 Å². The molecule has 1 aliphatic heterocycles. The average molecular weight is 533 g/mol. The van der Waals surface area contributed by atoms with Crippen LogP contribution in [-0.2, 0) is 22.3 Å². The summed E-state index contributed by atoms with van der Waals surface area (Å²) in [5.41, 5.74) is -4.96. The van der Waals surface area contributed by atoms with E-state index in [0.29, 0.717) is 18.4 Å². The standard InChI is InChI=1S/C25H23F4N5O4/c26-16-3-6-19(20(27)7-16)24(36,13-34-14-31-32-33-34)25(28,29)23-10-22(11-23,12-23)15-1-4-17(5-2-15)37-9-18-8-30-21(35)38-18/h1-7,14,18,36H,8-13H2,(H,30,35)/t18-,22?,23?,24?/m0/s1. The van der Waals surface area contributed by atoms with Crippen molar-refractivity contribution >= 4 is 6.09 Å². The Morgan fingerprint density at radius 1 is 1.16 bits per heavy atom. The van der Waals surface area contributed by atoms with Crippen LogP contribution >= 0.6 is 0 Å². The molecule has 13 heteroatoms. The summed E-state index contributed by atoms with van der Waals surface area (Å²) >= 11 is 0. The molecule has 3 aliphatic carbocycles. The van der Waals surface area contributed by atoms with Gasteiger partial charge in [-0.3, -0.25) is 0 Å². The van der Waals surface area contributed by atoms with Crippen molar-refractivity contribution in [3.8, 4) is 5.75 Å². The molecule has 1 saturated heterocycles. The van der Waals surface area contributed by atoms with Gasteiger partial charge in [-0.25, -0.2) is 27.0 Å². The topological polar surface area (TPSA) is 111 Å². The molecule has 2 bridgehead atoms. The van der Waals surface area contributed by atoms with Crippen LogP contribution < -0.4 is 10.1 Å². The summed E-state index contributed by atoms with van der Waals surface area (Å²) in [6, 6.07) is 9.21. The van der Waals surface area contributed by atoms with Crippen LogP contribution in [0.15, 0.2) is 48.8 Å². The van der Waals surface area contributed by atoms with Crippen molar-refractivity contribution in [1.82, 2.24) is 25.5 Å². The third kappa shape index (κ3) is 3.62. The second kappa shape index (κ2) is 8.38. The highest BCUT2D eigenvalue weighted by Crippen LogP contribution is 2.80. The lowest BCUT2D eigenvalue weighted by Gasteiger charge is -2.74. The Morgan fingerprint density at radius 2 is 1.89 bits per heavy atom. The van der Waals surface area contributed by atoms with Gasteiger partial charge >= 0.3 is 6.09 Å². The fraction of sp³-hybridized carbons (Fsp3) is 0.440. The van der Waals surface area contributed by atoms with Crippen LogP contribution in [0.25, 0.3) is 0 Å². The zero-order valence-electron chi connectivity index (χ0n) is 19.9. The first-order valence-corrected chi connectivity index (χ1v) is 12.0. The summed E-state index contributed by atoms with van der Waals surface area (Å²) in [6.45, 7) is -0.279. The Bertz CT molecular complexity index is 1350. The van der Waals surface area contributed by atoms with E-state index < -0.39 is 52.2 Å². The number of nitrogens with one attached hydrogen (secondary N) is 1. The fourth-order valence-electron chi connectivity index (χ4n) is 6.15. The Labute approximate surface area is 213 Å². The van der Waals surface area contributed by atoms with E-state index in [1.807, 2.05) is 12.1 Å². The summed E-state index contributed by atoms with van der Waals surface area (Å²) in [6.07, 6.45) is 0.408. The Kier molecular flexibility index (Phi) is 5.42. The van der Waals surface area contributed by atoms with Crippen LogP contribution in [0.3, 0.4) is 0 Å². The summed E-state index contributed by atoms with van der Waals surface area (Å²) in [4.78, 5) is 11.1. The zero-order chi connectivity index (χ0) is 26.8. The largest absolute Gasteiger partial charge is 0.490 e. The number of hydrogen-bond donors (Lipinski definition) is 2. The Hall–Kier alpha value is -3.74. The second-order valence-electron chi connectivity index (χ2n) is 10.4. The van der Waals surface area contributed by atoms with Crippen molar-refractivity contribution in [2.45, 2.75) is 48.8 Å². The number of benzene rings is 2. The first-order chi connectivity index (χ1) is 18.1. The minimum atomic E-state index is -3.79. The van der Waals surface area contributed by atoms with Crippen LogP contribution in [0.2, 0.25) is 0 Å². The fourth-order valence-corrected chi connectivity index (χ4v) is 6.15. The molecule has 0 radical (unpaired) electrons. The first-order valence-electron chi connectivity index (χ1n) is 12.0. The number of rotatable bonds is 9. The highest BCUT2D eigenvalue weighted by Gasteiger charge is 2.82.